The average Bonchev–Trinajstić information content (AvgIpc) is 2.34. The molecule has 0 N–H and O–H groups in total. The summed E-state index contributed by atoms with van der Waals surface area (Å²) in [6.07, 6.45) is 1.85. The second-order valence-corrected chi connectivity index (χ2v) is 5.86. The summed E-state index contributed by atoms with van der Waals surface area (Å²) in [5, 5.41) is 0. The first-order chi connectivity index (χ1) is 6.09. The standard InChI is InChI=1S/C8H14O4Si/c1-6(9)11-8-4-3-5-13(8)12-7(2)10/h8,13H,3-5H2,1-2H3. The van der Waals surface area contributed by atoms with Gasteiger partial charge in [-0.1, -0.05) is 0 Å². The van der Waals surface area contributed by atoms with Crippen molar-refractivity contribution in [1.82, 2.24) is 0 Å². The van der Waals surface area contributed by atoms with Crippen molar-refractivity contribution in [3.05, 3.63) is 0 Å². The topological polar surface area (TPSA) is 52.6 Å². The molecule has 0 aromatic heterocycles. The molecule has 1 aliphatic rings. The van der Waals surface area contributed by atoms with Crippen LogP contribution in [-0.2, 0) is 18.8 Å². The Morgan fingerprint density at radius 2 is 2.00 bits per heavy atom. The summed E-state index contributed by atoms with van der Waals surface area (Å²) >= 11 is 0. The Morgan fingerprint density at radius 3 is 2.54 bits per heavy atom. The lowest BCUT2D eigenvalue weighted by Crippen LogP contribution is -2.33. The second kappa shape index (κ2) is 4.41. The number of ether oxygens (including phenoxy) is 1. The molecule has 2 unspecified atom stereocenters. The molecule has 0 aromatic rings. The quantitative estimate of drug-likeness (QED) is 0.484. The van der Waals surface area contributed by atoms with Crippen LogP contribution in [0.5, 0.6) is 0 Å². The predicted octanol–water partition coefficient (Wildman–Crippen LogP) is 0.538. The minimum Gasteiger partial charge on any atom is -0.518 e. The molecule has 13 heavy (non-hydrogen) atoms. The lowest BCUT2D eigenvalue weighted by molar-refractivity contribution is -0.144. The third kappa shape index (κ3) is 3.18. The molecule has 1 rings (SSSR count). The van der Waals surface area contributed by atoms with Crippen molar-refractivity contribution < 1.29 is 18.8 Å². The fourth-order valence-electron chi connectivity index (χ4n) is 1.59. The first kappa shape index (κ1) is 10.2. The molecule has 2 atom stereocenters. The van der Waals surface area contributed by atoms with E-state index in [0.29, 0.717) is 0 Å². The van der Waals surface area contributed by atoms with Crippen LogP contribution in [0.1, 0.15) is 26.7 Å². The fraction of sp³-hybridized carbons (Fsp3) is 0.750. The molecule has 1 fully saturated rings. The predicted molar refractivity (Wildman–Crippen MR) is 48.5 cm³/mol. The van der Waals surface area contributed by atoms with E-state index in [0.717, 1.165) is 18.9 Å². The van der Waals surface area contributed by atoms with E-state index in [1.165, 1.54) is 13.8 Å². The Morgan fingerprint density at radius 1 is 1.31 bits per heavy atom. The Balaban J connectivity index is 2.43. The zero-order chi connectivity index (χ0) is 9.84. The molecule has 0 radical (unpaired) electrons. The van der Waals surface area contributed by atoms with Gasteiger partial charge in [-0.15, -0.1) is 0 Å². The summed E-state index contributed by atoms with van der Waals surface area (Å²) in [6.45, 7) is 2.79. The monoisotopic (exact) mass is 202 g/mol. The molecule has 74 valence electrons. The van der Waals surface area contributed by atoms with Crippen LogP contribution in [0, 0.1) is 0 Å². The van der Waals surface area contributed by atoms with Crippen molar-refractivity contribution in [3.8, 4) is 0 Å². The highest BCUT2D eigenvalue weighted by Crippen LogP contribution is 2.22. The lowest BCUT2D eigenvalue weighted by Gasteiger charge is -2.17. The highest BCUT2D eigenvalue weighted by atomic mass is 28.3. The van der Waals surface area contributed by atoms with Crippen LogP contribution < -0.4 is 0 Å². The second-order valence-electron chi connectivity index (χ2n) is 3.23. The number of carbonyl (C=O) groups is 2. The van der Waals surface area contributed by atoms with E-state index < -0.39 is 9.04 Å². The van der Waals surface area contributed by atoms with E-state index in [1.54, 1.807) is 0 Å². The molecule has 0 amide bonds. The van der Waals surface area contributed by atoms with Gasteiger partial charge in [-0.25, -0.2) is 0 Å². The molecule has 0 saturated carbocycles. The van der Waals surface area contributed by atoms with Gasteiger partial charge < -0.3 is 9.16 Å². The first-order valence-electron chi connectivity index (χ1n) is 4.44. The summed E-state index contributed by atoms with van der Waals surface area (Å²) in [5.41, 5.74) is -0.0959. The Kier molecular flexibility index (Phi) is 3.47. The van der Waals surface area contributed by atoms with Crippen LogP contribution in [0.4, 0.5) is 0 Å². The maximum absolute atomic E-state index is 10.7. The van der Waals surface area contributed by atoms with Gasteiger partial charge in [0.1, 0.15) is 5.73 Å². The summed E-state index contributed by atoms with van der Waals surface area (Å²) in [7, 11) is -1.60. The Bertz CT molecular complexity index is 194. The minimum absolute atomic E-state index is 0.0959. The van der Waals surface area contributed by atoms with Gasteiger partial charge >= 0.3 is 5.97 Å². The molecule has 5 heteroatoms. The maximum Gasteiger partial charge on any atom is 0.302 e. The normalized spacial score (nSPS) is 26.9. The Hall–Kier alpha value is -0.843. The number of carbonyl (C=O) groups excluding carboxylic acids is 2. The average molecular weight is 202 g/mol. The lowest BCUT2D eigenvalue weighted by atomic mass is 10.4. The number of hydrogen-bond acceptors (Lipinski definition) is 4. The highest BCUT2D eigenvalue weighted by molar-refractivity contribution is 6.56. The molecule has 0 spiro atoms. The van der Waals surface area contributed by atoms with E-state index in [-0.39, 0.29) is 17.7 Å². The summed E-state index contributed by atoms with van der Waals surface area (Å²) < 4.78 is 10.2. The smallest absolute Gasteiger partial charge is 0.302 e. The molecule has 1 aliphatic heterocycles. The van der Waals surface area contributed by atoms with Gasteiger partial charge in [-0.05, 0) is 18.9 Å². The van der Waals surface area contributed by atoms with Crippen LogP contribution >= 0.6 is 0 Å². The summed E-state index contributed by atoms with van der Waals surface area (Å²) in [5.74, 6) is -0.535. The van der Waals surface area contributed by atoms with Gasteiger partial charge in [0.05, 0.1) is 0 Å². The van der Waals surface area contributed by atoms with E-state index in [4.69, 9.17) is 9.16 Å². The number of hydrogen-bond donors (Lipinski definition) is 0. The fourth-order valence-corrected chi connectivity index (χ4v) is 4.24. The van der Waals surface area contributed by atoms with Crippen molar-refractivity contribution >= 4 is 21.0 Å². The summed E-state index contributed by atoms with van der Waals surface area (Å²) in [4.78, 5) is 21.4. The number of esters is 1. The third-order valence-corrected chi connectivity index (χ3v) is 4.94. The van der Waals surface area contributed by atoms with Crippen molar-refractivity contribution in [2.24, 2.45) is 0 Å². The van der Waals surface area contributed by atoms with E-state index >= 15 is 0 Å². The van der Waals surface area contributed by atoms with Crippen LogP contribution in [-0.4, -0.2) is 26.7 Å². The van der Waals surface area contributed by atoms with Gasteiger partial charge in [0.2, 0.25) is 0 Å². The van der Waals surface area contributed by atoms with Crippen molar-refractivity contribution in [2.75, 3.05) is 0 Å². The van der Waals surface area contributed by atoms with Gasteiger partial charge in [0.25, 0.3) is 15.0 Å². The van der Waals surface area contributed by atoms with Crippen LogP contribution in [0.2, 0.25) is 6.04 Å². The van der Waals surface area contributed by atoms with Crippen molar-refractivity contribution in [1.29, 1.82) is 0 Å². The van der Waals surface area contributed by atoms with Gasteiger partial charge in [0, 0.05) is 13.8 Å². The SMILES string of the molecule is CC(=O)OC1CCC[SiH]1OC(C)=O. The molecule has 0 bridgehead atoms. The molecule has 1 saturated heterocycles. The van der Waals surface area contributed by atoms with E-state index in [1.807, 2.05) is 0 Å². The molecular formula is C8H14O4Si. The van der Waals surface area contributed by atoms with Gasteiger partial charge in [-0.3, -0.25) is 9.59 Å². The van der Waals surface area contributed by atoms with Crippen LogP contribution in [0.25, 0.3) is 0 Å². The van der Waals surface area contributed by atoms with Crippen LogP contribution in [0.3, 0.4) is 0 Å². The van der Waals surface area contributed by atoms with E-state index in [9.17, 15) is 9.59 Å². The van der Waals surface area contributed by atoms with E-state index in [2.05, 4.69) is 0 Å². The molecule has 4 nitrogen and oxygen atoms in total. The highest BCUT2D eigenvalue weighted by Gasteiger charge is 2.34. The van der Waals surface area contributed by atoms with Crippen molar-refractivity contribution in [2.45, 2.75) is 38.5 Å². The van der Waals surface area contributed by atoms with Crippen LogP contribution in [0.15, 0.2) is 0 Å². The zero-order valence-corrected chi connectivity index (χ0v) is 9.06. The largest absolute Gasteiger partial charge is 0.518 e. The minimum atomic E-state index is -1.60. The zero-order valence-electron chi connectivity index (χ0n) is 7.91. The molecule has 1 heterocycles. The third-order valence-electron chi connectivity index (χ3n) is 2.03. The van der Waals surface area contributed by atoms with Crippen molar-refractivity contribution in [3.63, 3.8) is 0 Å². The first-order valence-corrected chi connectivity index (χ1v) is 6.39. The maximum atomic E-state index is 10.7. The molecular weight excluding hydrogens is 188 g/mol. The summed E-state index contributed by atoms with van der Waals surface area (Å²) in [6, 6.07) is 0.928. The molecule has 0 aromatic carbocycles. The molecule has 0 aliphatic carbocycles. The Labute approximate surface area is 78.9 Å². The van der Waals surface area contributed by atoms with Gasteiger partial charge in [-0.2, -0.15) is 0 Å². The van der Waals surface area contributed by atoms with Gasteiger partial charge in [0.15, 0.2) is 0 Å². The number of rotatable bonds is 2.